The van der Waals surface area contributed by atoms with Crippen LogP contribution in [0.2, 0.25) is 0 Å². The van der Waals surface area contributed by atoms with E-state index in [1.165, 1.54) is 19.3 Å². The Balaban J connectivity index is 1.78. The zero-order valence-electron chi connectivity index (χ0n) is 14.9. The molecule has 0 spiro atoms. The highest BCUT2D eigenvalue weighted by atomic mass is 16.6. The number of fused-ring (bicyclic) bond motifs is 8. The van der Waals surface area contributed by atoms with Gasteiger partial charge in [0, 0.05) is 18.3 Å². The Hall–Kier alpha value is -0.340. The average Bonchev–Trinajstić information content (AvgIpc) is 2.75. The van der Waals surface area contributed by atoms with Crippen molar-refractivity contribution in [2.45, 2.75) is 90.1 Å². The third-order valence-corrected chi connectivity index (χ3v) is 7.17. The molecule has 0 aromatic heterocycles. The minimum Gasteiger partial charge on any atom is -0.371 e. The summed E-state index contributed by atoms with van der Waals surface area (Å²) in [5.41, 5.74) is 1.54. The third-order valence-electron chi connectivity index (χ3n) is 7.17. The molecule has 124 valence electrons. The van der Waals surface area contributed by atoms with Crippen molar-refractivity contribution in [2.24, 2.45) is 23.7 Å². The smallest absolute Gasteiger partial charge is 0.0925 e. The molecule has 7 atom stereocenters. The molecule has 4 rings (SSSR count). The molecule has 3 aliphatic heterocycles. The molecule has 4 aliphatic rings. The Kier molecular flexibility index (Phi) is 3.34. The van der Waals surface area contributed by atoms with Crippen LogP contribution < -0.4 is 0 Å². The summed E-state index contributed by atoms with van der Waals surface area (Å²) in [7, 11) is 0. The Morgan fingerprint density at radius 2 is 2.00 bits per heavy atom. The third kappa shape index (κ3) is 2.06. The fourth-order valence-corrected chi connectivity index (χ4v) is 6.19. The van der Waals surface area contributed by atoms with Gasteiger partial charge in [-0.25, -0.2) is 0 Å². The second-order valence-corrected chi connectivity index (χ2v) is 9.21. The van der Waals surface area contributed by atoms with E-state index >= 15 is 0 Å². The lowest BCUT2D eigenvalue weighted by Crippen LogP contribution is -2.56. The van der Waals surface area contributed by atoms with Crippen molar-refractivity contribution in [3.63, 3.8) is 0 Å². The SMILES string of the molecule is CC1=CC[C@H](C(C)C)[C@@H]2[C@H]1[C@H]1C[C@]3(C)CCC[C@@](C)(O3)[C@@H]2O1. The topological polar surface area (TPSA) is 18.5 Å². The molecule has 3 fully saturated rings. The summed E-state index contributed by atoms with van der Waals surface area (Å²) in [5, 5.41) is 0. The monoisotopic (exact) mass is 304 g/mol. The predicted molar refractivity (Wildman–Crippen MR) is 88.7 cm³/mol. The summed E-state index contributed by atoms with van der Waals surface area (Å²) in [6.07, 6.45) is 9.13. The first-order valence-corrected chi connectivity index (χ1v) is 9.35. The van der Waals surface area contributed by atoms with Gasteiger partial charge >= 0.3 is 0 Å². The van der Waals surface area contributed by atoms with Gasteiger partial charge in [-0.1, -0.05) is 25.5 Å². The Bertz CT molecular complexity index is 496. The molecule has 0 radical (unpaired) electrons. The van der Waals surface area contributed by atoms with Gasteiger partial charge in [0.25, 0.3) is 0 Å². The van der Waals surface area contributed by atoms with Crippen molar-refractivity contribution in [3.05, 3.63) is 11.6 Å². The average molecular weight is 304 g/mol. The molecule has 0 saturated carbocycles. The van der Waals surface area contributed by atoms with E-state index < -0.39 is 0 Å². The van der Waals surface area contributed by atoms with Crippen LogP contribution in [0.4, 0.5) is 0 Å². The van der Waals surface area contributed by atoms with Crippen molar-refractivity contribution in [1.29, 1.82) is 0 Å². The van der Waals surface area contributed by atoms with Crippen LogP contribution in [0.1, 0.15) is 66.7 Å². The van der Waals surface area contributed by atoms with Crippen LogP contribution in [0.3, 0.4) is 0 Å². The Labute approximate surface area is 135 Å². The fraction of sp³-hybridized carbons (Fsp3) is 0.900. The van der Waals surface area contributed by atoms with Crippen molar-refractivity contribution in [2.75, 3.05) is 0 Å². The minimum atomic E-state index is -0.0775. The van der Waals surface area contributed by atoms with Crippen molar-refractivity contribution < 1.29 is 9.47 Å². The molecule has 0 amide bonds. The standard InChI is InChI=1S/C20H32O2/c1-12(2)14-8-7-13(3)16-15-11-19(4)9-6-10-20(5,22-19)18(21-15)17(14)16/h7,12,14-18H,6,8-11H2,1-5H3/t14-,15-,16-,17-,18-,19+,20-/m1/s1. The lowest BCUT2D eigenvalue weighted by molar-refractivity contribution is -0.207. The van der Waals surface area contributed by atoms with Crippen molar-refractivity contribution in [3.8, 4) is 0 Å². The quantitative estimate of drug-likeness (QED) is 0.652. The van der Waals surface area contributed by atoms with E-state index in [1.807, 2.05) is 0 Å². The van der Waals surface area contributed by atoms with E-state index in [1.54, 1.807) is 5.57 Å². The fourth-order valence-electron chi connectivity index (χ4n) is 6.19. The van der Waals surface area contributed by atoms with Gasteiger partial charge in [-0.05, 0) is 58.3 Å². The van der Waals surface area contributed by atoms with Crippen LogP contribution in [0, 0.1) is 23.7 Å². The molecule has 0 aromatic carbocycles. The van der Waals surface area contributed by atoms with Crippen LogP contribution in [0.15, 0.2) is 11.6 Å². The van der Waals surface area contributed by atoms with Gasteiger partial charge in [-0.3, -0.25) is 0 Å². The Morgan fingerprint density at radius 1 is 1.23 bits per heavy atom. The molecule has 22 heavy (non-hydrogen) atoms. The van der Waals surface area contributed by atoms with Gasteiger partial charge in [-0.2, -0.15) is 0 Å². The van der Waals surface area contributed by atoms with Crippen LogP contribution in [-0.4, -0.2) is 23.4 Å². The van der Waals surface area contributed by atoms with Crippen LogP contribution in [0.5, 0.6) is 0 Å². The van der Waals surface area contributed by atoms with Crippen LogP contribution in [0.25, 0.3) is 0 Å². The molecule has 0 aromatic rings. The first-order valence-electron chi connectivity index (χ1n) is 9.35. The van der Waals surface area contributed by atoms with Crippen LogP contribution in [-0.2, 0) is 9.47 Å². The summed E-state index contributed by atoms with van der Waals surface area (Å²) < 4.78 is 13.5. The maximum absolute atomic E-state index is 6.74. The summed E-state index contributed by atoms with van der Waals surface area (Å²) >= 11 is 0. The number of ether oxygens (including phenoxy) is 2. The molecule has 2 nitrogen and oxygen atoms in total. The highest BCUT2D eigenvalue weighted by molar-refractivity contribution is 5.21. The maximum Gasteiger partial charge on any atom is 0.0925 e. The molecule has 3 saturated heterocycles. The van der Waals surface area contributed by atoms with Gasteiger partial charge in [-0.15, -0.1) is 0 Å². The van der Waals surface area contributed by atoms with E-state index in [2.05, 4.69) is 40.7 Å². The van der Waals surface area contributed by atoms with Gasteiger partial charge in [0.15, 0.2) is 0 Å². The van der Waals surface area contributed by atoms with E-state index in [4.69, 9.17) is 9.47 Å². The predicted octanol–water partition coefficient (Wildman–Crippen LogP) is 4.73. The van der Waals surface area contributed by atoms with E-state index in [0.717, 1.165) is 24.7 Å². The van der Waals surface area contributed by atoms with E-state index in [-0.39, 0.29) is 11.2 Å². The molecular weight excluding hydrogens is 272 g/mol. The van der Waals surface area contributed by atoms with E-state index in [9.17, 15) is 0 Å². The molecule has 1 aliphatic carbocycles. The van der Waals surface area contributed by atoms with Gasteiger partial charge in [0.1, 0.15) is 0 Å². The number of hydrogen-bond acceptors (Lipinski definition) is 2. The second-order valence-electron chi connectivity index (χ2n) is 9.21. The van der Waals surface area contributed by atoms with Crippen LogP contribution >= 0.6 is 0 Å². The lowest BCUT2D eigenvalue weighted by Gasteiger charge is -2.51. The summed E-state index contributed by atoms with van der Waals surface area (Å²) in [6, 6.07) is 0. The number of allylic oxidation sites excluding steroid dienone is 1. The first kappa shape index (κ1) is 15.2. The van der Waals surface area contributed by atoms with Gasteiger partial charge < -0.3 is 9.47 Å². The largest absolute Gasteiger partial charge is 0.371 e. The molecule has 2 heteroatoms. The van der Waals surface area contributed by atoms with Crippen molar-refractivity contribution in [1.82, 2.24) is 0 Å². The zero-order chi connectivity index (χ0) is 15.7. The minimum absolute atomic E-state index is 0.0302. The molecule has 4 bridgehead atoms. The molecule has 0 N–H and O–H groups in total. The molecular formula is C20H32O2. The van der Waals surface area contributed by atoms with Gasteiger partial charge in [0.05, 0.1) is 23.4 Å². The molecule has 0 unspecified atom stereocenters. The second kappa shape index (κ2) is 4.83. The maximum atomic E-state index is 6.74. The number of hydrogen-bond donors (Lipinski definition) is 0. The van der Waals surface area contributed by atoms with Crippen molar-refractivity contribution >= 4 is 0 Å². The Morgan fingerprint density at radius 3 is 2.73 bits per heavy atom. The number of rotatable bonds is 1. The zero-order valence-corrected chi connectivity index (χ0v) is 14.9. The highest BCUT2D eigenvalue weighted by Crippen LogP contribution is 2.58. The normalized spacial score (nSPS) is 53.9. The first-order chi connectivity index (χ1) is 10.3. The van der Waals surface area contributed by atoms with Gasteiger partial charge in [0.2, 0.25) is 0 Å². The van der Waals surface area contributed by atoms with E-state index in [0.29, 0.717) is 24.0 Å². The highest BCUT2D eigenvalue weighted by Gasteiger charge is 2.62. The lowest BCUT2D eigenvalue weighted by atomic mass is 9.61. The summed E-state index contributed by atoms with van der Waals surface area (Å²) in [4.78, 5) is 0. The molecule has 3 heterocycles. The summed E-state index contributed by atoms with van der Waals surface area (Å²) in [6.45, 7) is 11.8. The summed E-state index contributed by atoms with van der Waals surface area (Å²) in [5.74, 6) is 2.75.